The zero-order chi connectivity index (χ0) is 31.9. The van der Waals surface area contributed by atoms with E-state index >= 15 is 0 Å². The van der Waals surface area contributed by atoms with Gasteiger partial charge in [0.05, 0.1) is 0 Å². The van der Waals surface area contributed by atoms with Gasteiger partial charge in [-0.15, -0.1) is 0 Å². The molecule has 0 aliphatic heterocycles. The van der Waals surface area contributed by atoms with Crippen LogP contribution in [0.25, 0.3) is 22.3 Å². The van der Waals surface area contributed by atoms with Crippen LogP contribution in [-0.2, 0) is 14.3 Å². The van der Waals surface area contributed by atoms with Crippen LogP contribution in [0.3, 0.4) is 0 Å². The standard InChI is InChI=1S/C38H38N2O6/c41-36(42)23-40(38(44)46-25-35-32-19-9-5-15-28(32)29-16-6-10-20-33(29)35)22-12-2-1-11-21-39-37(43)45-24-34-30-17-7-3-13-26(30)27-14-4-8-18-31(27)34/h3-10,13-20,34-35H,1-2,11-12,21-25H2,(H,39,43)(H,41,42). The number of fused-ring (bicyclic) bond motifs is 6. The molecule has 0 heterocycles. The molecule has 0 unspecified atom stereocenters. The van der Waals surface area contributed by atoms with Gasteiger partial charge in [0.25, 0.3) is 0 Å². The van der Waals surface area contributed by atoms with Crippen LogP contribution in [0.2, 0.25) is 0 Å². The fourth-order valence-electron chi connectivity index (χ4n) is 6.70. The van der Waals surface area contributed by atoms with Crippen LogP contribution in [0.5, 0.6) is 0 Å². The minimum atomic E-state index is -1.08. The van der Waals surface area contributed by atoms with E-state index in [2.05, 4.69) is 41.7 Å². The van der Waals surface area contributed by atoms with Crippen LogP contribution in [0, 0.1) is 0 Å². The molecule has 8 nitrogen and oxygen atoms in total. The Balaban J connectivity index is 0.907. The van der Waals surface area contributed by atoms with E-state index in [-0.39, 0.29) is 31.6 Å². The predicted molar refractivity (Wildman–Crippen MR) is 176 cm³/mol. The number of carbonyl (C=O) groups is 3. The van der Waals surface area contributed by atoms with Crippen molar-refractivity contribution >= 4 is 18.2 Å². The van der Waals surface area contributed by atoms with Gasteiger partial charge in [0.2, 0.25) is 0 Å². The van der Waals surface area contributed by atoms with E-state index < -0.39 is 24.7 Å². The van der Waals surface area contributed by atoms with E-state index in [9.17, 15) is 19.5 Å². The van der Waals surface area contributed by atoms with Crippen molar-refractivity contribution in [3.8, 4) is 22.3 Å². The molecule has 0 radical (unpaired) electrons. The summed E-state index contributed by atoms with van der Waals surface area (Å²) in [6.45, 7) is 0.754. The summed E-state index contributed by atoms with van der Waals surface area (Å²) in [4.78, 5) is 38.1. The third kappa shape index (κ3) is 6.76. The summed E-state index contributed by atoms with van der Waals surface area (Å²) in [6.07, 6.45) is 1.90. The normalized spacial score (nSPS) is 12.9. The van der Waals surface area contributed by atoms with Gasteiger partial charge in [-0.2, -0.15) is 0 Å². The second-order valence-electron chi connectivity index (χ2n) is 11.8. The van der Waals surface area contributed by atoms with Crippen LogP contribution in [0.1, 0.15) is 59.8 Å². The van der Waals surface area contributed by atoms with Gasteiger partial charge in [0.15, 0.2) is 0 Å². The second kappa shape index (κ2) is 14.3. The van der Waals surface area contributed by atoms with Crippen LogP contribution in [-0.4, -0.2) is 61.0 Å². The number of nitrogens with one attached hydrogen (secondary N) is 1. The van der Waals surface area contributed by atoms with E-state index in [0.29, 0.717) is 13.0 Å². The third-order valence-corrected chi connectivity index (χ3v) is 8.89. The third-order valence-electron chi connectivity index (χ3n) is 8.89. The molecule has 0 atom stereocenters. The molecular weight excluding hydrogens is 580 g/mol. The number of hydrogen-bond acceptors (Lipinski definition) is 5. The van der Waals surface area contributed by atoms with Crippen molar-refractivity contribution in [2.45, 2.75) is 37.5 Å². The molecule has 2 aliphatic carbocycles. The Morgan fingerprint density at radius 3 is 1.52 bits per heavy atom. The molecule has 2 aliphatic rings. The Hall–Kier alpha value is -5.11. The number of nitrogens with zero attached hydrogens (tertiary/aromatic N) is 1. The van der Waals surface area contributed by atoms with Crippen molar-refractivity contribution < 1.29 is 29.0 Å². The zero-order valence-corrected chi connectivity index (χ0v) is 25.7. The minimum Gasteiger partial charge on any atom is -0.480 e. The number of carboxylic acid groups (broad SMARTS) is 1. The summed E-state index contributed by atoms with van der Waals surface area (Å²) in [5.74, 6) is -1.16. The fourth-order valence-corrected chi connectivity index (χ4v) is 6.70. The van der Waals surface area contributed by atoms with Gasteiger partial charge in [-0.1, -0.05) is 110 Å². The molecule has 4 aromatic carbocycles. The smallest absolute Gasteiger partial charge is 0.410 e. The topological polar surface area (TPSA) is 105 Å². The number of amides is 2. The monoisotopic (exact) mass is 618 g/mol. The fraction of sp³-hybridized carbons (Fsp3) is 0.289. The molecule has 0 bridgehead atoms. The SMILES string of the molecule is O=C(O)CN(CCCCCCNC(=O)OCC1c2ccccc2-c2ccccc21)C(=O)OCC1c2ccccc2-c2ccccc21. The molecule has 6 rings (SSSR count). The Morgan fingerprint density at radius 1 is 0.609 bits per heavy atom. The summed E-state index contributed by atoms with van der Waals surface area (Å²) in [5.41, 5.74) is 9.20. The summed E-state index contributed by atoms with van der Waals surface area (Å²) in [5, 5.41) is 12.2. The van der Waals surface area contributed by atoms with E-state index in [1.54, 1.807) is 0 Å². The van der Waals surface area contributed by atoms with Gasteiger partial charge in [0.1, 0.15) is 19.8 Å². The summed E-state index contributed by atoms with van der Waals surface area (Å²) in [7, 11) is 0. The number of unbranched alkanes of at least 4 members (excludes halogenated alkanes) is 3. The molecule has 2 N–H and O–H groups in total. The van der Waals surface area contributed by atoms with Crippen molar-refractivity contribution in [1.29, 1.82) is 0 Å². The van der Waals surface area contributed by atoms with Crippen molar-refractivity contribution in [3.63, 3.8) is 0 Å². The quantitative estimate of drug-likeness (QED) is 0.151. The largest absolute Gasteiger partial charge is 0.480 e. The first-order valence-electron chi connectivity index (χ1n) is 15.9. The molecule has 0 spiro atoms. The second-order valence-corrected chi connectivity index (χ2v) is 11.8. The highest BCUT2D eigenvalue weighted by Gasteiger charge is 2.31. The van der Waals surface area contributed by atoms with Crippen LogP contribution in [0.4, 0.5) is 9.59 Å². The lowest BCUT2D eigenvalue weighted by Crippen LogP contribution is -2.37. The van der Waals surface area contributed by atoms with E-state index in [1.165, 1.54) is 27.2 Å². The lowest BCUT2D eigenvalue weighted by molar-refractivity contribution is -0.138. The number of rotatable bonds is 13. The van der Waals surface area contributed by atoms with Gasteiger partial charge in [-0.05, 0) is 57.3 Å². The first kappa shape index (κ1) is 30.9. The van der Waals surface area contributed by atoms with Gasteiger partial charge < -0.3 is 19.9 Å². The zero-order valence-electron chi connectivity index (χ0n) is 25.7. The molecule has 0 aromatic heterocycles. The minimum absolute atomic E-state index is 0.0170. The van der Waals surface area contributed by atoms with Crippen LogP contribution >= 0.6 is 0 Å². The number of aliphatic carboxylic acids is 1. The molecule has 236 valence electrons. The van der Waals surface area contributed by atoms with Crippen molar-refractivity contribution in [2.75, 3.05) is 32.8 Å². The number of hydrogen-bond donors (Lipinski definition) is 2. The van der Waals surface area contributed by atoms with Crippen LogP contribution < -0.4 is 5.32 Å². The highest BCUT2D eigenvalue weighted by atomic mass is 16.6. The highest BCUT2D eigenvalue weighted by Crippen LogP contribution is 2.45. The molecule has 0 saturated carbocycles. The number of alkyl carbamates (subject to hydrolysis) is 1. The molecule has 2 amide bonds. The van der Waals surface area contributed by atoms with Gasteiger partial charge in [-0.3, -0.25) is 9.69 Å². The lowest BCUT2D eigenvalue weighted by Gasteiger charge is -2.22. The maximum atomic E-state index is 13.0. The molecular formula is C38H38N2O6. The first-order chi connectivity index (χ1) is 22.5. The van der Waals surface area contributed by atoms with E-state index in [4.69, 9.17) is 9.47 Å². The van der Waals surface area contributed by atoms with Gasteiger partial charge in [0, 0.05) is 24.9 Å². The highest BCUT2D eigenvalue weighted by molar-refractivity contribution is 5.80. The van der Waals surface area contributed by atoms with Crippen molar-refractivity contribution in [1.82, 2.24) is 10.2 Å². The van der Waals surface area contributed by atoms with Gasteiger partial charge in [-0.25, -0.2) is 9.59 Å². The molecule has 46 heavy (non-hydrogen) atoms. The number of ether oxygens (including phenoxy) is 2. The molecule has 4 aromatic rings. The van der Waals surface area contributed by atoms with Crippen molar-refractivity contribution in [2.24, 2.45) is 0 Å². The lowest BCUT2D eigenvalue weighted by atomic mass is 9.98. The molecule has 0 fully saturated rings. The molecule has 0 saturated heterocycles. The average Bonchev–Trinajstić information content (AvgIpc) is 3.57. The Kier molecular flexibility index (Phi) is 9.62. The molecule has 8 heteroatoms. The van der Waals surface area contributed by atoms with E-state index in [0.717, 1.165) is 41.5 Å². The predicted octanol–water partition coefficient (Wildman–Crippen LogP) is 7.42. The van der Waals surface area contributed by atoms with E-state index in [1.807, 2.05) is 60.7 Å². The summed E-state index contributed by atoms with van der Waals surface area (Å²) >= 11 is 0. The first-order valence-corrected chi connectivity index (χ1v) is 15.9. The summed E-state index contributed by atoms with van der Waals surface area (Å²) in [6, 6.07) is 32.6. The maximum Gasteiger partial charge on any atom is 0.410 e. The Labute approximate surface area is 269 Å². The van der Waals surface area contributed by atoms with Crippen molar-refractivity contribution in [3.05, 3.63) is 119 Å². The maximum absolute atomic E-state index is 13.0. The Morgan fingerprint density at radius 2 is 1.04 bits per heavy atom. The number of benzene rings is 4. The van der Waals surface area contributed by atoms with Gasteiger partial charge >= 0.3 is 18.2 Å². The average molecular weight is 619 g/mol. The number of carboxylic acids is 1. The number of carbonyl (C=O) groups excluding carboxylic acids is 2. The van der Waals surface area contributed by atoms with Crippen LogP contribution in [0.15, 0.2) is 97.1 Å². The summed E-state index contributed by atoms with van der Waals surface area (Å²) < 4.78 is 11.3. The Bertz CT molecular complexity index is 1630.